The fraction of sp³-hybridized carbons (Fsp3) is 0.407. The molecular formula is C27H31NO6. The number of carbonyl (C=O) groups excluding carboxylic acids is 1. The molecule has 0 aliphatic carbocycles. The third kappa shape index (κ3) is 4.16. The van der Waals surface area contributed by atoms with Crippen molar-refractivity contribution in [3.8, 4) is 11.5 Å². The highest BCUT2D eigenvalue weighted by atomic mass is 16.5. The molecule has 0 bridgehead atoms. The second kappa shape index (κ2) is 9.89. The van der Waals surface area contributed by atoms with E-state index in [0.29, 0.717) is 47.8 Å². The first-order chi connectivity index (χ1) is 16.4. The van der Waals surface area contributed by atoms with E-state index in [1.807, 2.05) is 44.2 Å². The third-order valence-electron chi connectivity index (χ3n) is 6.19. The second-order valence-electron chi connectivity index (χ2n) is 8.64. The minimum atomic E-state index is -0.613. The zero-order chi connectivity index (χ0) is 24.4. The number of amides is 1. The van der Waals surface area contributed by atoms with Gasteiger partial charge in [0.05, 0.1) is 37.3 Å². The second-order valence-corrected chi connectivity index (χ2v) is 8.64. The van der Waals surface area contributed by atoms with E-state index >= 15 is 0 Å². The van der Waals surface area contributed by atoms with Crippen LogP contribution in [0.2, 0.25) is 0 Å². The van der Waals surface area contributed by atoms with Gasteiger partial charge in [-0.25, -0.2) is 0 Å². The Morgan fingerprint density at radius 3 is 2.53 bits per heavy atom. The van der Waals surface area contributed by atoms with E-state index in [4.69, 9.17) is 18.6 Å². The van der Waals surface area contributed by atoms with Gasteiger partial charge >= 0.3 is 0 Å². The van der Waals surface area contributed by atoms with Crippen molar-refractivity contribution in [1.82, 2.24) is 4.90 Å². The van der Waals surface area contributed by atoms with Crippen molar-refractivity contribution in [1.29, 1.82) is 0 Å². The number of ether oxygens (including phenoxy) is 3. The van der Waals surface area contributed by atoms with E-state index in [1.165, 1.54) is 0 Å². The molecule has 2 heterocycles. The van der Waals surface area contributed by atoms with Crippen LogP contribution in [0.15, 0.2) is 39.5 Å². The van der Waals surface area contributed by atoms with Crippen molar-refractivity contribution in [2.24, 2.45) is 0 Å². The van der Waals surface area contributed by atoms with E-state index in [0.717, 1.165) is 29.5 Å². The lowest BCUT2D eigenvalue weighted by Gasteiger charge is -2.25. The van der Waals surface area contributed by atoms with Crippen molar-refractivity contribution in [3.63, 3.8) is 0 Å². The largest absolute Gasteiger partial charge is 0.493 e. The van der Waals surface area contributed by atoms with Crippen LogP contribution in [0.5, 0.6) is 11.5 Å². The van der Waals surface area contributed by atoms with Gasteiger partial charge in [0, 0.05) is 13.7 Å². The number of hydrogen-bond acceptors (Lipinski definition) is 6. The summed E-state index contributed by atoms with van der Waals surface area (Å²) >= 11 is 0. The first-order valence-electron chi connectivity index (χ1n) is 11.6. The van der Waals surface area contributed by atoms with Crippen molar-refractivity contribution in [2.75, 3.05) is 34.0 Å². The number of hydrogen-bond donors (Lipinski definition) is 0. The summed E-state index contributed by atoms with van der Waals surface area (Å²) in [5.41, 5.74) is 3.14. The summed E-state index contributed by atoms with van der Waals surface area (Å²) in [5.74, 6) is 0.952. The van der Waals surface area contributed by atoms with Crippen LogP contribution in [-0.4, -0.2) is 44.8 Å². The van der Waals surface area contributed by atoms with Gasteiger partial charge in [0.2, 0.25) is 5.76 Å². The minimum Gasteiger partial charge on any atom is -0.493 e. The van der Waals surface area contributed by atoms with E-state index in [-0.39, 0.29) is 17.1 Å². The van der Waals surface area contributed by atoms with Gasteiger partial charge in [-0.3, -0.25) is 9.59 Å². The number of benzene rings is 2. The Labute approximate surface area is 199 Å². The van der Waals surface area contributed by atoms with Gasteiger partial charge in [-0.15, -0.1) is 0 Å². The third-order valence-corrected chi connectivity index (χ3v) is 6.19. The van der Waals surface area contributed by atoms with Crippen LogP contribution in [0.1, 0.15) is 58.6 Å². The average Bonchev–Trinajstić information content (AvgIpc) is 3.10. The number of rotatable bonds is 9. The first-order valence-corrected chi connectivity index (χ1v) is 11.6. The van der Waals surface area contributed by atoms with E-state index < -0.39 is 6.04 Å². The summed E-state index contributed by atoms with van der Waals surface area (Å²) in [7, 11) is 3.16. The van der Waals surface area contributed by atoms with Gasteiger partial charge in [0.15, 0.2) is 16.9 Å². The van der Waals surface area contributed by atoms with Crippen LogP contribution < -0.4 is 14.9 Å². The maximum absolute atomic E-state index is 13.7. The Kier molecular flexibility index (Phi) is 6.93. The topological polar surface area (TPSA) is 78.2 Å². The van der Waals surface area contributed by atoms with Gasteiger partial charge in [0.1, 0.15) is 5.58 Å². The molecule has 0 spiro atoms. The van der Waals surface area contributed by atoms with Gasteiger partial charge in [-0.1, -0.05) is 25.5 Å². The van der Waals surface area contributed by atoms with E-state index in [2.05, 4.69) is 6.92 Å². The highest BCUT2D eigenvalue weighted by Gasteiger charge is 2.43. The van der Waals surface area contributed by atoms with Crippen LogP contribution in [0, 0.1) is 13.8 Å². The van der Waals surface area contributed by atoms with Crippen LogP contribution in [-0.2, 0) is 4.74 Å². The molecule has 7 heteroatoms. The number of nitrogens with zero attached hydrogens (tertiary/aromatic N) is 1. The molecule has 1 aliphatic heterocycles. The van der Waals surface area contributed by atoms with Crippen LogP contribution >= 0.6 is 0 Å². The molecule has 180 valence electrons. The average molecular weight is 466 g/mol. The Hall–Kier alpha value is -3.32. The zero-order valence-corrected chi connectivity index (χ0v) is 20.4. The smallest absolute Gasteiger partial charge is 0.290 e. The van der Waals surface area contributed by atoms with Gasteiger partial charge < -0.3 is 23.5 Å². The molecule has 4 rings (SSSR count). The summed E-state index contributed by atoms with van der Waals surface area (Å²) in [6.45, 7) is 7.16. The summed E-state index contributed by atoms with van der Waals surface area (Å²) < 4.78 is 22.8. The van der Waals surface area contributed by atoms with Crippen LogP contribution in [0.4, 0.5) is 0 Å². The van der Waals surface area contributed by atoms with Crippen molar-refractivity contribution >= 4 is 16.9 Å². The molecule has 3 aromatic rings. The summed E-state index contributed by atoms with van der Waals surface area (Å²) in [4.78, 5) is 28.8. The Bertz CT molecular complexity index is 1280. The molecule has 0 saturated carbocycles. The number of carbonyl (C=O) groups is 1. The van der Waals surface area contributed by atoms with Gasteiger partial charge in [-0.2, -0.15) is 0 Å². The lowest BCUT2D eigenvalue weighted by molar-refractivity contribution is 0.0663. The quantitative estimate of drug-likeness (QED) is 0.423. The maximum atomic E-state index is 13.7. The number of methoxy groups -OCH3 is 2. The molecule has 0 saturated heterocycles. The lowest BCUT2D eigenvalue weighted by atomic mass is 9.97. The number of aryl methyl sites for hydroxylation is 2. The SMILES string of the molecule is CCCCOc1ccc(C2c3c(oc4c(C)cc(C)cc4c3=O)C(=O)N2CCOC)cc1OC. The molecule has 0 fully saturated rings. The van der Waals surface area contributed by atoms with E-state index in [9.17, 15) is 9.59 Å². The van der Waals surface area contributed by atoms with Gasteiger partial charge in [-0.05, 0) is 55.2 Å². The number of fused-ring (bicyclic) bond motifs is 2. The lowest BCUT2D eigenvalue weighted by Crippen LogP contribution is -2.32. The van der Waals surface area contributed by atoms with Crippen molar-refractivity contribution < 1.29 is 23.4 Å². The Morgan fingerprint density at radius 2 is 1.82 bits per heavy atom. The summed E-state index contributed by atoms with van der Waals surface area (Å²) in [5, 5.41) is 0.481. The molecule has 1 aromatic heterocycles. The standard InChI is InChI=1S/C27H31NO6/c1-6-7-11-33-20-9-8-18(15-21(20)32-5)23-22-24(29)19-14-16(2)13-17(3)25(19)34-26(22)27(30)28(23)10-12-31-4/h8-9,13-15,23H,6-7,10-12H2,1-5H3. The normalized spacial score (nSPS) is 15.1. The fourth-order valence-electron chi connectivity index (χ4n) is 4.54. The monoisotopic (exact) mass is 465 g/mol. The Morgan fingerprint density at radius 1 is 1.03 bits per heavy atom. The molecular weight excluding hydrogens is 434 g/mol. The molecule has 7 nitrogen and oxygen atoms in total. The van der Waals surface area contributed by atoms with Gasteiger partial charge in [0.25, 0.3) is 5.91 Å². The minimum absolute atomic E-state index is 0.0906. The van der Waals surface area contributed by atoms with Crippen LogP contribution in [0.25, 0.3) is 11.0 Å². The predicted octanol–water partition coefficient (Wildman–Crippen LogP) is 4.79. The molecule has 1 unspecified atom stereocenters. The molecule has 34 heavy (non-hydrogen) atoms. The predicted molar refractivity (Wildman–Crippen MR) is 130 cm³/mol. The molecule has 1 aliphatic rings. The zero-order valence-electron chi connectivity index (χ0n) is 20.4. The molecule has 1 amide bonds. The highest BCUT2D eigenvalue weighted by molar-refractivity contribution is 5.99. The van der Waals surface area contributed by atoms with Crippen molar-refractivity contribution in [2.45, 2.75) is 39.7 Å². The fourth-order valence-corrected chi connectivity index (χ4v) is 4.54. The molecule has 2 aromatic carbocycles. The van der Waals surface area contributed by atoms with Crippen molar-refractivity contribution in [3.05, 3.63) is 68.6 Å². The molecule has 0 N–H and O–H groups in total. The summed E-state index contributed by atoms with van der Waals surface area (Å²) in [6.07, 6.45) is 1.96. The maximum Gasteiger partial charge on any atom is 0.290 e. The van der Waals surface area contributed by atoms with Crippen LogP contribution in [0.3, 0.4) is 0 Å². The summed E-state index contributed by atoms with van der Waals surface area (Å²) in [6, 6.07) is 8.69. The Balaban J connectivity index is 1.88. The number of unbranched alkanes of at least 4 members (excludes halogenated alkanes) is 1. The molecule has 1 atom stereocenters. The first kappa shape index (κ1) is 23.8. The van der Waals surface area contributed by atoms with E-state index in [1.54, 1.807) is 19.1 Å². The highest BCUT2D eigenvalue weighted by Crippen LogP contribution is 2.41. The molecule has 0 radical (unpaired) electrons.